The van der Waals surface area contributed by atoms with E-state index in [1.807, 2.05) is 24.3 Å². The standard InChI is InChI=1S/C15H21NO2S/c1-17-14-7-5-13(6-8-14)15(19)18-12-11-16-9-3-2-4-10-16/h5-8H,2-4,9-12H2,1H3. The summed E-state index contributed by atoms with van der Waals surface area (Å²) in [5.74, 6) is 0.833. The highest BCUT2D eigenvalue weighted by Gasteiger charge is 2.10. The van der Waals surface area contributed by atoms with E-state index < -0.39 is 0 Å². The van der Waals surface area contributed by atoms with Crippen LogP contribution in [0.15, 0.2) is 24.3 Å². The molecule has 1 aliphatic heterocycles. The smallest absolute Gasteiger partial charge is 0.191 e. The number of likely N-dealkylation sites (tertiary alicyclic amines) is 1. The lowest BCUT2D eigenvalue weighted by molar-refractivity contribution is 0.181. The van der Waals surface area contributed by atoms with Crippen LogP contribution in [-0.2, 0) is 4.74 Å². The van der Waals surface area contributed by atoms with Crippen molar-refractivity contribution < 1.29 is 9.47 Å². The van der Waals surface area contributed by atoms with E-state index in [4.69, 9.17) is 21.7 Å². The second kappa shape index (κ2) is 7.46. The predicted octanol–water partition coefficient (Wildman–Crippen LogP) is 2.87. The molecule has 1 heterocycles. The highest BCUT2D eigenvalue weighted by molar-refractivity contribution is 7.80. The lowest BCUT2D eigenvalue weighted by atomic mass is 10.1. The van der Waals surface area contributed by atoms with E-state index in [1.165, 1.54) is 32.4 Å². The van der Waals surface area contributed by atoms with Crippen LogP contribution in [0, 0.1) is 0 Å². The zero-order valence-electron chi connectivity index (χ0n) is 11.4. The quantitative estimate of drug-likeness (QED) is 0.773. The van der Waals surface area contributed by atoms with Crippen molar-refractivity contribution in [3.63, 3.8) is 0 Å². The molecule has 0 unspecified atom stereocenters. The molecule has 0 amide bonds. The molecule has 2 rings (SSSR count). The lowest BCUT2D eigenvalue weighted by Crippen LogP contribution is -2.33. The van der Waals surface area contributed by atoms with E-state index in [2.05, 4.69) is 4.90 Å². The van der Waals surface area contributed by atoms with Gasteiger partial charge in [0.15, 0.2) is 5.05 Å². The molecule has 104 valence electrons. The molecular weight excluding hydrogens is 258 g/mol. The van der Waals surface area contributed by atoms with Gasteiger partial charge in [-0.2, -0.15) is 0 Å². The van der Waals surface area contributed by atoms with Gasteiger partial charge in [0, 0.05) is 12.1 Å². The van der Waals surface area contributed by atoms with E-state index in [1.54, 1.807) is 7.11 Å². The van der Waals surface area contributed by atoms with Crippen LogP contribution >= 0.6 is 12.2 Å². The van der Waals surface area contributed by atoms with Crippen LogP contribution in [0.25, 0.3) is 0 Å². The summed E-state index contributed by atoms with van der Waals surface area (Å²) in [5, 5.41) is 0.569. The number of thiocarbonyl (C=S) groups is 1. The van der Waals surface area contributed by atoms with Crippen molar-refractivity contribution in [1.82, 2.24) is 4.90 Å². The Morgan fingerprint density at radius 3 is 2.47 bits per heavy atom. The molecule has 1 aromatic carbocycles. The minimum absolute atomic E-state index is 0.569. The van der Waals surface area contributed by atoms with E-state index in [-0.39, 0.29) is 0 Å². The molecule has 3 nitrogen and oxygen atoms in total. The molecule has 1 saturated heterocycles. The fourth-order valence-corrected chi connectivity index (χ4v) is 2.48. The SMILES string of the molecule is COc1ccc(C(=S)OCCN2CCCCC2)cc1. The first-order valence-electron chi connectivity index (χ1n) is 6.83. The first-order valence-corrected chi connectivity index (χ1v) is 7.24. The molecule has 4 heteroatoms. The molecule has 0 spiro atoms. The normalized spacial score (nSPS) is 16.1. The second-order valence-corrected chi connectivity index (χ2v) is 5.14. The Morgan fingerprint density at radius 1 is 1.16 bits per heavy atom. The predicted molar refractivity (Wildman–Crippen MR) is 80.9 cm³/mol. The van der Waals surface area contributed by atoms with Crippen molar-refractivity contribution in [1.29, 1.82) is 0 Å². The molecule has 0 aromatic heterocycles. The van der Waals surface area contributed by atoms with Crippen molar-refractivity contribution in [2.24, 2.45) is 0 Å². The molecule has 0 aliphatic carbocycles. The molecule has 1 aliphatic rings. The zero-order chi connectivity index (χ0) is 13.5. The van der Waals surface area contributed by atoms with Gasteiger partial charge in [0.25, 0.3) is 0 Å². The summed E-state index contributed by atoms with van der Waals surface area (Å²) >= 11 is 5.29. The number of methoxy groups -OCH3 is 1. The fraction of sp³-hybridized carbons (Fsp3) is 0.533. The molecular formula is C15H21NO2S. The largest absolute Gasteiger partial charge is 0.497 e. The maximum atomic E-state index is 5.65. The van der Waals surface area contributed by atoms with E-state index in [0.717, 1.165) is 17.9 Å². The minimum Gasteiger partial charge on any atom is -0.497 e. The van der Waals surface area contributed by atoms with Gasteiger partial charge in [-0.1, -0.05) is 6.42 Å². The van der Waals surface area contributed by atoms with Gasteiger partial charge in [-0.15, -0.1) is 0 Å². The molecule has 19 heavy (non-hydrogen) atoms. The third kappa shape index (κ3) is 4.48. The number of rotatable bonds is 5. The maximum Gasteiger partial charge on any atom is 0.191 e. The Hall–Kier alpha value is -1.13. The van der Waals surface area contributed by atoms with Gasteiger partial charge in [-0.3, -0.25) is 4.90 Å². The molecule has 1 fully saturated rings. The maximum absolute atomic E-state index is 5.65. The molecule has 1 aromatic rings. The Kier molecular flexibility index (Phi) is 5.61. The van der Waals surface area contributed by atoms with Gasteiger partial charge in [0.1, 0.15) is 12.4 Å². The Balaban J connectivity index is 1.73. The van der Waals surface area contributed by atoms with E-state index >= 15 is 0 Å². The molecule has 0 N–H and O–H groups in total. The van der Waals surface area contributed by atoms with Crippen LogP contribution < -0.4 is 4.74 Å². The van der Waals surface area contributed by atoms with Gasteiger partial charge in [0.2, 0.25) is 0 Å². The topological polar surface area (TPSA) is 21.7 Å². The summed E-state index contributed by atoms with van der Waals surface area (Å²) in [6.45, 7) is 4.03. The van der Waals surface area contributed by atoms with Crippen molar-refractivity contribution in [2.75, 3.05) is 33.4 Å². The molecule has 0 radical (unpaired) electrons. The number of ether oxygens (including phenoxy) is 2. The van der Waals surface area contributed by atoms with Crippen molar-refractivity contribution in [2.45, 2.75) is 19.3 Å². The van der Waals surface area contributed by atoms with E-state index in [0.29, 0.717) is 11.7 Å². The summed E-state index contributed by atoms with van der Waals surface area (Å²) in [6, 6.07) is 7.66. The molecule has 0 saturated carbocycles. The summed E-state index contributed by atoms with van der Waals surface area (Å²) in [7, 11) is 1.66. The van der Waals surface area contributed by atoms with Gasteiger partial charge in [-0.05, 0) is 62.4 Å². The van der Waals surface area contributed by atoms with Gasteiger partial charge < -0.3 is 9.47 Å². The number of benzene rings is 1. The number of hydrogen-bond donors (Lipinski definition) is 0. The van der Waals surface area contributed by atoms with E-state index in [9.17, 15) is 0 Å². The first-order chi connectivity index (χ1) is 9.29. The van der Waals surface area contributed by atoms with Gasteiger partial charge in [-0.25, -0.2) is 0 Å². The number of piperidine rings is 1. The van der Waals surface area contributed by atoms with Crippen LogP contribution in [0.1, 0.15) is 24.8 Å². The number of hydrogen-bond acceptors (Lipinski definition) is 4. The average molecular weight is 279 g/mol. The van der Waals surface area contributed by atoms with Gasteiger partial charge >= 0.3 is 0 Å². The summed E-state index contributed by atoms with van der Waals surface area (Å²) < 4.78 is 10.8. The minimum atomic E-state index is 0.569. The third-order valence-corrected chi connectivity index (χ3v) is 3.77. The van der Waals surface area contributed by atoms with Crippen molar-refractivity contribution in [3.8, 4) is 5.75 Å². The van der Waals surface area contributed by atoms with Crippen LogP contribution in [-0.4, -0.2) is 43.3 Å². The number of nitrogens with zero attached hydrogens (tertiary/aromatic N) is 1. The highest BCUT2D eigenvalue weighted by atomic mass is 32.1. The summed E-state index contributed by atoms with van der Waals surface area (Å²) in [5.41, 5.74) is 0.939. The Bertz CT molecular complexity index is 399. The summed E-state index contributed by atoms with van der Waals surface area (Å²) in [4.78, 5) is 2.44. The molecule has 0 bridgehead atoms. The highest BCUT2D eigenvalue weighted by Crippen LogP contribution is 2.13. The molecule has 0 atom stereocenters. The van der Waals surface area contributed by atoms with Crippen LogP contribution in [0.3, 0.4) is 0 Å². The lowest BCUT2D eigenvalue weighted by Gasteiger charge is -2.26. The first kappa shape index (κ1) is 14.3. The van der Waals surface area contributed by atoms with Crippen molar-refractivity contribution >= 4 is 17.3 Å². The van der Waals surface area contributed by atoms with Gasteiger partial charge in [0.05, 0.1) is 7.11 Å². The summed E-state index contributed by atoms with van der Waals surface area (Å²) in [6.07, 6.45) is 3.98. The zero-order valence-corrected chi connectivity index (χ0v) is 12.2. The second-order valence-electron chi connectivity index (χ2n) is 4.77. The van der Waals surface area contributed by atoms with Crippen LogP contribution in [0.2, 0.25) is 0 Å². The van der Waals surface area contributed by atoms with Crippen molar-refractivity contribution in [3.05, 3.63) is 29.8 Å². The Labute approximate surface area is 120 Å². The van der Waals surface area contributed by atoms with Crippen LogP contribution in [0.5, 0.6) is 5.75 Å². The van der Waals surface area contributed by atoms with Crippen LogP contribution in [0.4, 0.5) is 0 Å². The monoisotopic (exact) mass is 279 g/mol. The average Bonchev–Trinajstić information content (AvgIpc) is 2.48. The fourth-order valence-electron chi connectivity index (χ4n) is 2.26. The Morgan fingerprint density at radius 2 is 1.84 bits per heavy atom. The third-order valence-electron chi connectivity index (χ3n) is 3.42.